The number of fused-ring (bicyclic) bond motifs is 1. The molecule has 0 spiro atoms. The topological polar surface area (TPSA) is 88.3 Å². The zero-order valence-electron chi connectivity index (χ0n) is 15.5. The summed E-state index contributed by atoms with van der Waals surface area (Å²) in [6.07, 6.45) is 1.97. The average molecular weight is 407 g/mol. The number of aromatic nitrogens is 1. The Hall–Kier alpha value is -3.38. The average Bonchev–Trinajstić information content (AvgIpc) is 2.80. The van der Waals surface area contributed by atoms with Crippen molar-refractivity contribution in [3.8, 4) is 0 Å². The summed E-state index contributed by atoms with van der Waals surface area (Å²) in [7, 11) is 0. The van der Waals surface area contributed by atoms with Crippen molar-refractivity contribution in [1.29, 1.82) is 0 Å². The molecule has 1 aliphatic heterocycles. The van der Waals surface area contributed by atoms with E-state index in [9.17, 15) is 9.59 Å². The number of nitrogens with two attached hydrogens (primary N) is 1. The monoisotopic (exact) mass is 406 g/mol. The summed E-state index contributed by atoms with van der Waals surface area (Å²) in [5.41, 5.74) is 8.84. The Morgan fingerprint density at radius 1 is 1.07 bits per heavy atom. The quantitative estimate of drug-likeness (QED) is 0.649. The van der Waals surface area contributed by atoms with Crippen LogP contribution >= 0.6 is 11.6 Å². The molecule has 3 N–H and O–H groups in total. The van der Waals surface area contributed by atoms with Crippen molar-refractivity contribution < 1.29 is 9.59 Å². The Morgan fingerprint density at radius 3 is 2.59 bits per heavy atom. The predicted octanol–water partition coefficient (Wildman–Crippen LogP) is 3.52. The van der Waals surface area contributed by atoms with Gasteiger partial charge in [0.25, 0.3) is 5.91 Å². The number of carbonyl (C=O) groups excluding carboxylic acids is 2. The van der Waals surface area contributed by atoms with Crippen molar-refractivity contribution in [2.24, 2.45) is 0 Å². The number of rotatable bonds is 4. The van der Waals surface area contributed by atoms with E-state index in [1.807, 2.05) is 30.3 Å². The van der Waals surface area contributed by atoms with Crippen molar-refractivity contribution in [2.75, 3.05) is 11.1 Å². The summed E-state index contributed by atoms with van der Waals surface area (Å²) < 4.78 is 0. The molecule has 3 aromatic rings. The molecule has 0 radical (unpaired) electrons. The standard InChI is InChI=1S/C22H19ClN4O2/c23-15-6-9-18-19(11-15)26-21(28)20(12-17-3-1-2-10-25-17)27(22(18)29)13-14-4-7-16(24)8-5-14/h1-11,20H,12-13,24H2,(H,26,28)/t20-/m1/s1. The Bertz CT molecular complexity index is 1050. The van der Waals surface area contributed by atoms with E-state index in [4.69, 9.17) is 17.3 Å². The first-order chi connectivity index (χ1) is 14.0. The molecule has 2 aromatic carbocycles. The molecule has 6 nitrogen and oxygen atoms in total. The molecule has 1 aliphatic rings. The van der Waals surface area contributed by atoms with E-state index in [1.165, 1.54) is 0 Å². The third kappa shape index (κ3) is 4.07. The lowest BCUT2D eigenvalue weighted by Gasteiger charge is -2.28. The van der Waals surface area contributed by atoms with Crippen LogP contribution in [0.2, 0.25) is 5.02 Å². The number of nitrogens with one attached hydrogen (secondary N) is 1. The van der Waals surface area contributed by atoms with Crippen LogP contribution in [0.15, 0.2) is 66.9 Å². The van der Waals surface area contributed by atoms with Gasteiger partial charge in [0, 0.05) is 35.6 Å². The summed E-state index contributed by atoms with van der Waals surface area (Å²) in [6.45, 7) is 0.270. The smallest absolute Gasteiger partial charge is 0.256 e. The van der Waals surface area contributed by atoms with Crippen LogP contribution in [-0.4, -0.2) is 27.7 Å². The summed E-state index contributed by atoms with van der Waals surface area (Å²) >= 11 is 6.07. The molecule has 29 heavy (non-hydrogen) atoms. The van der Waals surface area contributed by atoms with Crippen molar-refractivity contribution in [1.82, 2.24) is 9.88 Å². The minimum Gasteiger partial charge on any atom is -0.399 e. The van der Waals surface area contributed by atoms with Gasteiger partial charge >= 0.3 is 0 Å². The van der Waals surface area contributed by atoms with E-state index < -0.39 is 6.04 Å². The first-order valence-corrected chi connectivity index (χ1v) is 9.55. The lowest BCUT2D eigenvalue weighted by molar-refractivity contribution is -0.120. The van der Waals surface area contributed by atoms with Gasteiger partial charge in [-0.15, -0.1) is 0 Å². The van der Waals surface area contributed by atoms with Gasteiger partial charge in [-0.05, 0) is 48.0 Å². The molecule has 0 unspecified atom stereocenters. The van der Waals surface area contributed by atoms with Crippen LogP contribution < -0.4 is 11.1 Å². The second-order valence-electron chi connectivity index (χ2n) is 6.89. The molecule has 1 aromatic heterocycles. The molecule has 0 bridgehead atoms. The van der Waals surface area contributed by atoms with E-state index in [-0.39, 0.29) is 18.4 Å². The molecule has 7 heteroatoms. The normalized spacial score (nSPS) is 16.2. The van der Waals surface area contributed by atoms with Gasteiger partial charge in [0.15, 0.2) is 0 Å². The number of pyridine rings is 1. The lowest BCUT2D eigenvalue weighted by Crippen LogP contribution is -2.46. The molecule has 0 saturated carbocycles. The van der Waals surface area contributed by atoms with E-state index >= 15 is 0 Å². The fourth-order valence-electron chi connectivity index (χ4n) is 3.38. The molecule has 4 rings (SSSR count). The number of amides is 2. The van der Waals surface area contributed by atoms with Gasteiger partial charge in [-0.1, -0.05) is 29.8 Å². The van der Waals surface area contributed by atoms with Crippen LogP contribution in [-0.2, 0) is 17.8 Å². The maximum atomic E-state index is 13.4. The van der Waals surface area contributed by atoms with Crippen molar-refractivity contribution in [3.63, 3.8) is 0 Å². The number of nitrogens with zero attached hydrogens (tertiary/aromatic N) is 2. The molecule has 2 amide bonds. The lowest BCUT2D eigenvalue weighted by atomic mass is 10.1. The summed E-state index contributed by atoms with van der Waals surface area (Å²) in [6, 6.07) is 16.9. The van der Waals surface area contributed by atoms with E-state index in [0.717, 1.165) is 11.3 Å². The third-order valence-corrected chi connectivity index (χ3v) is 5.11. The highest BCUT2D eigenvalue weighted by Gasteiger charge is 2.35. The van der Waals surface area contributed by atoms with E-state index in [1.54, 1.807) is 41.4 Å². The van der Waals surface area contributed by atoms with Crippen LogP contribution in [0.3, 0.4) is 0 Å². The number of benzene rings is 2. The molecule has 1 atom stereocenters. The maximum Gasteiger partial charge on any atom is 0.256 e. The largest absolute Gasteiger partial charge is 0.399 e. The van der Waals surface area contributed by atoms with E-state index in [0.29, 0.717) is 28.4 Å². The number of nitrogen functional groups attached to an aromatic ring is 1. The molecule has 146 valence electrons. The van der Waals surface area contributed by atoms with Gasteiger partial charge in [-0.25, -0.2) is 0 Å². The number of anilines is 2. The number of carbonyl (C=O) groups is 2. The highest BCUT2D eigenvalue weighted by molar-refractivity contribution is 6.31. The number of halogens is 1. The predicted molar refractivity (Wildman–Crippen MR) is 113 cm³/mol. The third-order valence-electron chi connectivity index (χ3n) is 4.87. The molecular weight excluding hydrogens is 388 g/mol. The van der Waals surface area contributed by atoms with Crippen LogP contribution in [0.1, 0.15) is 21.6 Å². The minimum atomic E-state index is -0.721. The first-order valence-electron chi connectivity index (χ1n) is 9.17. The Kier molecular flexibility index (Phi) is 5.18. The van der Waals surface area contributed by atoms with Gasteiger partial charge < -0.3 is 16.0 Å². The van der Waals surface area contributed by atoms with E-state index in [2.05, 4.69) is 10.3 Å². The maximum absolute atomic E-state index is 13.4. The van der Waals surface area contributed by atoms with Crippen LogP contribution in [0.25, 0.3) is 0 Å². The Balaban J connectivity index is 1.75. The van der Waals surface area contributed by atoms with Crippen LogP contribution in [0.4, 0.5) is 11.4 Å². The Labute approximate surface area is 173 Å². The highest BCUT2D eigenvalue weighted by Crippen LogP contribution is 2.28. The zero-order chi connectivity index (χ0) is 20.4. The molecule has 0 fully saturated rings. The molecule has 0 aliphatic carbocycles. The van der Waals surface area contributed by atoms with Gasteiger partial charge in [0.1, 0.15) is 6.04 Å². The first kappa shape index (κ1) is 19.0. The second kappa shape index (κ2) is 7.93. The SMILES string of the molecule is Nc1ccc(CN2C(=O)c3ccc(Cl)cc3NC(=O)[C@H]2Cc2ccccn2)cc1. The van der Waals surface area contributed by atoms with Gasteiger partial charge in [-0.3, -0.25) is 14.6 Å². The van der Waals surface area contributed by atoms with Crippen molar-refractivity contribution in [2.45, 2.75) is 19.0 Å². The highest BCUT2D eigenvalue weighted by atomic mass is 35.5. The molecule has 2 heterocycles. The molecule has 0 saturated heterocycles. The van der Waals surface area contributed by atoms with Gasteiger partial charge in [0.2, 0.25) is 5.91 Å². The van der Waals surface area contributed by atoms with Crippen molar-refractivity contribution >= 4 is 34.8 Å². The van der Waals surface area contributed by atoms with Gasteiger partial charge in [0.05, 0.1) is 11.3 Å². The fourth-order valence-corrected chi connectivity index (χ4v) is 3.55. The zero-order valence-corrected chi connectivity index (χ0v) is 16.3. The van der Waals surface area contributed by atoms with Crippen LogP contribution in [0, 0.1) is 0 Å². The van der Waals surface area contributed by atoms with Crippen molar-refractivity contribution in [3.05, 3.63) is 88.7 Å². The number of hydrogen-bond acceptors (Lipinski definition) is 4. The minimum absolute atomic E-state index is 0.243. The summed E-state index contributed by atoms with van der Waals surface area (Å²) in [5.74, 6) is -0.520. The summed E-state index contributed by atoms with van der Waals surface area (Å²) in [4.78, 5) is 32.4. The summed E-state index contributed by atoms with van der Waals surface area (Å²) in [5, 5.41) is 3.30. The Morgan fingerprint density at radius 2 is 1.86 bits per heavy atom. The molecular formula is C22H19ClN4O2. The van der Waals surface area contributed by atoms with Gasteiger partial charge in [-0.2, -0.15) is 0 Å². The van der Waals surface area contributed by atoms with Crippen LogP contribution in [0.5, 0.6) is 0 Å². The number of hydrogen-bond donors (Lipinski definition) is 2. The second-order valence-corrected chi connectivity index (χ2v) is 7.33. The fraction of sp³-hybridized carbons (Fsp3) is 0.136.